The summed E-state index contributed by atoms with van der Waals surface area (Å²) in [6.07, 6.45) is 11.9. The summed E-state index contributed by atoms with van der Waals surface area (Å²) in [5, 5.41) is 1.13. The zero-order valence-electron chi connectivity index (χ0n) is 23.8. The lowest BCUT2D eigenvalue weighted by molar-refractivity contribution is 0.0688. The van der Waals surface area contributed by atoms with Gasteiger partial charge in [-0.1, -0.05) is 89.0 Å². The molecule has 0 bridgehead atoms. The van der Waals surface area contributed by atoms with E-state index in [2.05, 4.69) is 95.6 Å². The molecule has 0 amide bonds. The Hall–Kier alpha value is -0.543. The second-order valence-corrected chi connectivity index (χ2v) is 19.4. The first-order valence-corrected chi connectivity index (χ1v) is 17.9. The summed E-state index contributed by atoms with van der Waals surface area (Å²) < 4.78 is 7.07. The molecule has 0 saturated heterocycles. The molecule has 1 fully saturated rings. The van der Waals surface area contributed by atoms with Crippen LogP contribution in [0.25, 0.3) is 0 Å². The van der Waals surface area contributed by atoms with E-state index >= 15 is 0 Å². The molecule has 3 heteroatoms. The van der Waals surface area contributed by atoms with Crippen LogP contribution in [0.4, 0.5) is 0 Å². The third-order valence-electron chi connectivity index (χ3n) is 10.6. The number of hydrogen-bond donors (Lipinski definition) is 0. The molecular weight excluding hydrogens is 508 g/mol. The highest BCUT2D eigenvalue weighted by Crippen LogP contribution is 2.62. The summed E-state index contributed by atoms with van der Waals surface area (Å²) >= 11 is 3.65. The van der Waals surface area contributed by atoms with Crippen LogP contribution in [0.15, 0.2) is 29.8 Å². The lowest BCUT2D eigenvalue weighted by atomic mass is 9.53. The standard InChI is InChI=1S/C32H51BrOSi/c1-21(2)35(22(3)4,23(5)6)34-26-12-14-27-25(20-26)11-13-29-28(27)17-18-32(8)30(15-16-31(29)32)24(7)10-9-19-33/h12,14-15,20-24,28-29,31H,9-11,13,16-19H2,1-8H3/t24-,28-,29-,31+,32-/m1/s1. The average Bonchev–Trinajstić information content (AvgIpc) is 3.17. The van der Waals surface area contributed by atoms with Crippen LogP contribution >= 0.6 is 15.9 Å². The number of alkyl halides is 1. The van der Waals surface area contributed by atoms with E-state index in [1.54, 1.807) is 16.7 Å². The van der Waals surface area contributed by atoms with Crippen molar-refractivity contribution in [3.8, 4) is 5.75 Å². The number of aryl methyl sites for hydroxylation is 1. The van der Waals surface area contributed by atoms with Crippen LogP contribution in [-0.2, 0) is 6.42 Å². The van der Waals surface area contributed by atoms with E-state index in [4.69, 9.17) is 4.43 Å². The molecule has 3 aliphatic carbocycles. The van der Waals surface area contributed by atoms with Gasteiger partial charge in [0.15, 0.2) is 0 Å². The van der Waals surface area contributed by atoms with Crippen molar-refractivity contribution >= 4 is 24.2 Å². The van der Waals surface area contributed by atoms with Crippen LogP contribution in [0.2, 0.25) is 16.6 Å². The van der Waals surface area contributed by atoms with E-state index in [1.807, 2.05) is 0 Å². The Morgan fingerprint density at radius 2 is 1.71 bits per heavy atom. The van der Waals surface area contributed by atoms with Gasteiger partial charge >= 0.3 is 0 Å². The monoisotopic (exact) mass is 558 g/mol. The first-order valence-electron chi connectivity index (χ1n) is 14.6. The lowest BCUT2D eigenvalue weighted by Crippen LogP contribution is -2.50. The van der Waals surface area contributed by atoms with Gasteiger partial charge < -0.3 is 4.43 Å². The second-order valence-electron chi connectivity index (χ2n) is 13.3. The Bertz CT molecular complexity index is 896. The number of hydrogen-bond acceptors (Lipinski definition) is 1. The quantitative estimate of drug-likeness (QED) is 0.166. The lowest BCUT2D eigenvalue weighted by Gasteiger charge is -2.51. The predicted molar refractivity (Wildman–Crippen MR) is 158 cm³/mol. The van der Waals surface area contributed by atoms with E-state index in [0.717, 1.165) is 34.8 Å². The number of halogens is 1. The first-order chi connectivity index (χ1) is 16.6. The van der Waals surface area contributed by atoms with Crippen molar-refractivity contribution in [2.45, 2.75) is 123 Å². The summed E-state index contributed by atoms with van der Waals surface area (Å²) in [7, 11) is -1.91. The molecule has 4 rings (SSSR count). The molecule has 0 aromatic heterocycles. The maximum atomic E-state index is 7.07. The average molecular weight is 560 g/mol. The smallest absolute Gasteiger partial charge is 0.258 e. The minimum absolute atomic E-state index is 0.435. The fourth-order valence-electron chi connectivity index (χ4n) is 9.08. The van der Waals surface area contributed by atoms with Gasteiger partial charge in [-0.25, -0.2) is 0 Å². The van der Waals surface area contributed by atoms with Crippen LogP contribution in [-0.4, -0.2) is 13.6 Å². The molecule has 0 heterocycles. The highest BCUT2D eigenvalue weighted by Gasteiger charge is 2.52. The Labute approximate surface area is 226 Å². The van der Waals surface area contributed by atoms with Crippen molar-refractivity contribution in [2.75, 3.05) is 5.33 Å². The summed E-state index contributed by atoms with van der Waals surface area (Å²) in [6.45, 7) is 19.4. The van der Waals surface area contributed by atoms with Crippen LogP contribution < -0.4 is 4.43 Å². The summed E-state index contributed by atoms with van der Waals surface area (Å²) in [5.74, 6) is 4.33. The van der Waals surface area contributed by atoms with Crippen molar-refractivity contribution in [2.24, 2.45) is 23.2 Å². The van der Waals surface area contributed by atoms with E-state index in [-0.39, 0.29) is 0 Å². The first kappa shape index (κ1) is 27.5. The largest absolute Gasteiger partial charge is 0.543 e. The Balaban J connectivity index is 1.55. The van der Waals surface area contributed by atoms with Gasteiger partial charge in [-0.05, 0) is 114 Å². The van der Waals surface area contributed by atoms with Crippen molar-refractivity contribution in [1.29, 1.82) is 0 Å². The minimum Gasteiger partial charge on any atom is -0.543 e. The van der Waals surface area contributed by atoms with Crippen LogP contribution in [0.5, 0.6) is 5.75 Å². The second kappa shape index (κ2) is 10.7. The Morgan fingerprint density at radius 1 is 1.03 bits per heavy atom. The van der Waals surface area contributed by atoms with E-state index < -0.39 is 8.32 Å². The molecule has 0 aliphatic heterocycles. The molecule has 3 aliphatic rings. The maximum absolute atomic E-state index is 7.07. The predicted octanol–water partition coefficient (Wildman–Crippen LogP) is 10.4. The third kappa shape index (κ3) is 4.75. The van der Waals surface area contributed by atoms with E-state index in [1.165, 1.54) is 44.9 Å². The molecule has 35 heavy (non-hydrogen) atoms. The molecule has 0 N–H and O–H groups in total. The molecule has 0 spiro atoms. The highest BCUT2D eigenvalue weighted by atomic mass is 79.9. The molecule has 196 valence electrons. The van der Waals surface area contributed by atoms with Gasteiger partial charge in [-0.2, -0.15) is 0 Å². The molecular formula is C32H51BrOSi. The summed E-state index contributed by atoms with van der Waals surface area (Å²) in [6, 6.07) is 7.27. The van der Waals surface area contributed by atoms with Gasteiger partial charge in [-0.15, -0.1) is 0 Å². The fraction of sp³-hybridized carbons (Fsp3) is 0.750. The van der Waals surface area contributed by atoms with E-state index in [9.17, 15) is 0 Å². The number of allylic oxidation sites excluding steroid dienone is 2. The Kier molecular flexibility index (Phi) is 8.39. The third-order valence-corrected chi connectivity index (χ3v) is 17.2. The topological polar surface area (TPSA) is 9.23 Å². The van der Waals surface area contributed by atoms with Crippen molar-refractivity contribution in [1.82, 2.24) is 0 Å². The van der Waals surface area contributed by atoms with Crippen LogP contribution in [0.3, 0.4) is 0 Å². The minimum atomic E-state index is -1.91. The zero-order chi connectivity index (χ0) is 25.5. The number of rotatable bonds is 9. The normalized spacial score (nSPS) is 29.1. The van der Waals surface area contributed by atoms with E-state index in [0.29, 0.717) is 22.0 Å². The number of fused-ring (bicyclic) bond motifs is 5. The summed E-state index contributed by atoms with van der Waals surface area (Å²) in [5.41, 5.74) is 7.31. The van der Waals surface area contributed by atoms with Crippen molar-refractivity contribution in [3.05, 3.63) is 41.0 Å². The fourth-order valence-corrected chi connectivity index (χ4v) is 14.6. The molecule has 1 aromatic carbocycles. The van der Waals surface area contributed by atoms with Gasteiger partial charge in [0.2, 0.25) is 0 Å². The van der Waals surface area contributed by atoms with Crippen molar-refractivity contribution < 1.29 is 4.43 Å². The van der Waals surface area contributed by atoms with Crippen molar-refractivity contribution in [3.63, 3.8) is 0 Å². The highest BCUT2D eigenvalue weighted by molar-refractivity contribution is 9.09. The van der Waals surface area contributed by atoms with Gasteiger partial charge in [0, 0.05) is 5.33 Å². The van der Waals surface area contributed by atoms with Gasteiger partial charge in [0.25, 0.3) is 8.32 Å². The van der Waals surface area contributed by atoms with Crippen LogP contribution in [0, 0.1) is 23.2 Å². The zero-order valence-corrected chi connectivity index (χ0v) is 26.4. The maximum Gasteiger partial charge on any atom is 0.258 e. The summed E-state index contributed by atoms with van der Waals surface area (Å²) in [4.78, 5) is 0. The van der Waals surface area contributed by atoms with Gasteiger partial charge in [0.1, 0.15) is 5.75 Å². The molecule has 0 unspecified atom stereocenters. The molecule has 1 saturated carbocycles. The SMILES string of the molecule is CC(C)[Si](Oc1ccc2c(c1)CC[C@@H]1[C@@H]2CC[C@]2(C)C([C@H](C)CCCBr)=CC[C@@H]12)(C(C)C)C(C)C. The number of benzene rings is 1. The van der Waals surface area contributed by atoms with Gasteiger partial charge in [-0.3, -0.25) is 0 Å². The molecule has 0 radical (unpaired) electrons. The molecule has 5 atom stereocenters. The van der Waals surface area contributed by atoms with Gasteiger partial charge in [0.05, 0.1) is 0 Å². The van der Waals surface area contributed by atoms with Crippen LogP contribution in [0.1, 0.15) is 111 Å². The Morgan fingerprint density at radius 3 is 2.34 bits per heavy atom. The molecule has 1 aromatic rings. The molecule has 1 nitrogen and oxygen atoms in total.